The van der Waals surface area contributed by atoms with Gasteiger partial charge in [0, 0.05) is 12.6 Å². The highest BCUT2D eigenvalue weighted by Crippen LogP contribution is 2.36. The van der Waals surface area contributed by atoms with E-state index in [2.05, 4.69) is 15.1 Å². The summed E-state index contributed by atoms with van der Waals surface area (Å²) in [6, 6.07) is 8.44. The monoisotopic (exact) mass is 550 g/mol. The van der Waals surface area contributed by atoms with Gasteiger partial charge in [-0.3, -0.25) is 0 Å². The minimum atomic E-state index is -1.26. The van der Waals surface area contributed by atoms with Gasteiger partial charge in [0.2, 0.25) is 11.8 Å². The highest BCUT2D eigenvalue weighted by Gasteiger charge is 2.33. The molecule has 1 amide bonds. The van der Waals surface area contributed by atoms with Crippen molar-refractivity contribution in [1.82, 2.24) is 19.7 Å². The van der Waals surface area contributed by atoms with E-state index in [1.807, 2.05) is 19.9 Å². The number of anilines is 1. The average Bonchev–Trinajstić information content (AvgIpc) is 3.32. The molecule has 2 aromatic heterocycles. The second-order valence-corrected chi connectivity index (χ2v) is 10.2. The Balaban J connectivity index is 2.20. The summed E-state index contributed by atoms with van der Waals surface area (Å²) in [5.41, 5.74) is 1.11. The van der Waals surface area contributed by atoms with Crippen molar-refractivity contribution in [2.24, 2.45) is 0 Å². The van der Waals surface area contributed by atoms with E-state index in [9.17, 15) is 14.7 Å². The third-order valence-electron chi connectivity index (χ3n) is 5.72. The first-order valence-electron chi connectivity index (χ1n) is 12.7. The van der Waals surface area contributed by atoms with E-state index in [1.165, 1.54) is 25.0 Å². The molecule has 0 saturated carbocycles. The van der Waals surface area contributed by atoms with Crippen LogP contribution in [0.3, 0.4) is 0 Å². The topological polar surface area (TPSA) is 153 Å². The molecule has 3 aromatic rings. The number of carbonyl (C=O) groups is 2. The summed E-state index contributed by atoms with van der Waals surface area (Å²) >= 11 is 0. The van der Waals surface area contributed by atoms with Crippen LogP contribution < -0.4 is 9.64 Å². The molecule has 40 heavy (non-hydrogen) atoms. The quantitative estimate of drug-likeness (QED) is 0.402. The molecular weight excluding hydrogens is 516 g/mol. The third kappa shape index (κ3) is 6.38. The number of nitriles is 1. The number of nitrogens with zero attached hydrogens (tertiary/aromatic N) is 6. The molecule has 12 nitrogen and oxygen atoms in total. The number of hydrogen-bond acceptors (Lipinski definition) is 10. The van der Waals surface area contributed by atoms with Crippen molar-refractivity contribution in [3.8, 4) is 17.6 Å². The van der Waals surface area contributed by atoms with E-state index in [1.54, 1.807) is 52.0 Å². The van der Waals surface area contributed by atoms with Gasteiger partial charge in [-0.05, 0) is 51.3 Å². The molecular formula is C28H34N6O6. The Hall–Kier alpha value is -4.50. The van der Waals surface area contributed by atoms with Crippen molar-refractivity contribution in [3.63, 3.8) is 0 Å². The molecule has 0 spiro atoms. The Morgan fingerprint density at radius 3 is 2.38 bits per heavy atom. The number of methoxy groups -OCH3 is 1. The summed E-state index contributed by atoms with van der Waals surface area (Å²) in [6.45, 7) is 10.8. The third-order valence-corrected chi connectivity index (χ3v) is 5.72. The lowest BCUT2D eigenvalue weighted by Crippen LogP contribution is -2.35. The van der Waals surface area contributed by atoms with Gasteiger partial charge in [0.05, 0.1) is 37.2 Å². The van der Waals surface area contributed by atoms with E-state index in [-0.39, 0.29) is 41.3 Å². The van der Waals surface area contributed by atoms with E-state index in [4.69, 9.17) is 19.5 Å². The number of aliphatic hydroxyl groups is 1. The van der Waals surface area contributed by atoms with Crippen molar-refractivity contribution >= 4 is 18.0 Å². The van der Waals surface area contributed by atoms with Gasteiger partial charge in [-0.15, -0.1) is 0 Å². The minimum absolute atomic E-state index is 0.0246. The highest BCUT2D eigenvalue weighted by molar-refractivity contribution is 5.90. The number of aromatic nitrogens is 4. The lowest BCUT2D eigenvalue weighted by molar-refractivity contribution is 0.0512. The maximum absolute atomic E-state index is 13.0. The molecule has 0 aliphatic heterocycles. The van der Waals surface area contributed by atoms with Crippen molar-refractivity contribution in [3.05, 3.63) is 58.5 Å². The zero-order chi connectivity index (χ0) is 29.8. The van der Waals surface area contributed by atoms with Crippen molar-refractivity contribution in [2.75, 3.05) is 25.7 Å². The van der Waals surface area contributed by atoms with Gasteiger partial charge in [-0.2, -0.15) is 15.3 Å². The molecule has 1 unspecified atom stereocenters. The summed E-state index contributed by atoms with van der Waals surface area (Å²) in [5.74, 6) is -0.865. The average molecular weight is 551 g/mol. The van der Waals surface area contributed by atoms with E-state index in [0.717, 1.165) is 4.90 Å². The van der Waals surface area contributed by atoms with Crippen LogP contribution in [-0.2, 0) is 9.47 Å². The molecule has 1 aromatic carbocycles. The summed E-state index contributed by atoms with van der Waals surface area (Å²) in [6.07, 6.45) is -0.502. The zero-order valence-electron chi connectivity index (χ0n) is 23.9. The minimum Gasteiger partial charge on any atom is -0.479 e. The normalized spacial score (nSPS) is 12.0. The van der Waals surface area contributed by atoms with Crippen LogP contribution in [0.15, 0.2) is 30.5 Å². The largest absolute Gasteiger partial charge is 0.479 e. The molecule has 3 rings (SSSR count). The fraction of sp³-hybridized carbons (Fsp3) is 0.429. The molecule has 0 fully saturated rings. The van der Waals surface area contributed by atoms with Gasteiger partial charge in [-0.1, -0.05) is 26.0 Å². The lowest BCUT2D eigenvalue weighted by atomic mass is 9.94. The molecule has 0 aliphatic rings. The van der Waals surface area contributed by atoms with Crippen LogP contribution in [0.25, 0.3) is 5.69 Å². The number of ether oxygens (including phenoxy) is 3. The smallest absolute Gasteiger partial charge is 0.416 e. The van der Waals surface area contributed by atoms with Crippen molar-refractivity contribution in [2.45, 2.75) is 59.2 Å². The first-order valence-corrected chi connectivity index (χ1v) is 12.7. The van der Waals surface area contributed by atoms with Gasteiger partial charge in [0.25, 0.3) is 0 Å². The van der Waals surface area contributed by atoms with E-state index < -0.39 is 23.8 Å². The molecule has 0 bridgehead atoms. The number of esters is 1. The molecule has 2 heterocycles. The molecule has 1 atom stereocenters. The van der Waals surface area contributed by atoms with Gasteiger partial charge in [0.1, 0.15) is 17.4 Å². The van der Waals surface area contributed by atoms with Gasteiger partial charge in [0.15, 0.2) is 5.69 Å². The van der Waals surface area contributed by atoms with Gasteiger partial charge < -0.3 is 19.3 Å². The summed E-state index contributed by atoms with van der Waals surface area (Å²) in [4.78, 5) is 35.4. The Morgan fingerprint density at radius 2 is 1.85 bits per heavy atom. The lowest BCUT2D eigenvalue weighted by Gasteiger charge is -2.24. The SMILES string of the molecule is CCOC(=O)c1nn(-c2cnc(N(C)C(=O)OC(C)(C)C)nc2OC)c(C(C)C)c1C(O)c1ccc(C#N)cc1. The van der Waals surface area contributed by atoms with E-state index in [0.29, 0.717) is 16.8 Å². The van der Waals surface area contributed by atoms with Crippen LogP contribution in [0.1, 0.15) is 86.4 Å². The predicted octanol–water partition coefficient (Wildman–Crippen LogP) is 4.30. The number of carbonyl (C=O) groups excluding carboxylic acids is 2. The van der Waals surface area contributed by atoms with Crippen LogP contribution in [0.2, 0.25) is 0 Å². The number of benzene rings is 1. The predicted molar refractivity (Wildman–Crippen MR) is 146 cm³/mol. The fourth-order valence-electron chi connectivity index (χ4n) is 3.93. The van der Waals surface area contributed by atoms with Crippen LogP contribution in [0.5, 0.6) is 5.88 Å². The van der Waals surface area contributed by atoms with Crippen LogP contribution in [0, 0.1) is 11.3 Å². The number of rotatable bonds is 8. The van der Waals surface area contributed by atoms with Crippen molar-refractivity contribution in [1.29, 1.82) is 5.26 Å². The summed E-state index contributed by atoms with van der Waals surface area (Å²) < 4.78 is 17.6. The maximum Gasteiger partial charge on any atom is 0.416 e. The van der Waals surface area contributed by atoms with Crippen LogP contribution in [-0.4, -0.2) is 63.3 Å². The maximum atomic E-state index is 13.0. The van der Waals surface area contributed by atoms with Gasteiger partial charge in [-0.25, -0.2) is 24.2 Å². The second-order valence-electron chi connectivity index (χ2n) is 10.2. The summed E-state index contributed by atoms with van der Waals surface area (Å²) in [5, 5.41) is 25.2. The molecule has 0 aliphatic carbocycles. The second kappa shape index (κ2) is 12.1. The number of aliphatic hydroxyl groups excluding tert-OH is 1. The Morgan fingerprint density at radius 1 is 1.20 bits per heavy atom. The Kier molecular flexibility index (Phi) is 9.11. The Labute approximate surface area is 233 Å². The molecule has 0 radical (unpaired) electrons. The molecule has 12 heteroatoms. The van der Waals surface area contributed by atoms with Gasteiger partial charge >= 0.3 is 12.1 Å². The standard InChI is InChI=1S/C28H34N6O6/c1-9-39-25(36)21-20(23(35)18-12-10-17(14-29)11-13-18)22(16(2)3)34(32-21)19-15-30-26(31-24(19)38-8)33(7)27(37)40-28(4,5)6/h10-13,15-16,23,35H,9H2,1-8H3. The zero-order valence-corrected chi connectivity index (χ0v) is 23.9. The van der Waals surface area contributed by atoms with Crippen LogP contribution in [0.4, 0.5) is 10.7 Å². The molecule has 212 valence electrons. The fourth-order valence-corrected chi connectivity index (χ4v) is 3.93. The first-order chi connectivity index (χ1) is 18.8. The van der Waals surface area contributed by atoms with Crippen molar-refractivity contribution < 1.29 is 28.9 Å². The molecule has 0 saturated heterocycles. The Bertz CT molecular complexity index is 1420. The first kappa shape index (κ1) is 30.0. The summed E-state index contributed by atoms with van der Waals surface area (Å²) in [7, 11) is 2.88. The highest BCUT2D eigenvalue weighted by atomic mass is 16.6. The van der Waals surface area contributed by atoms with E-state index >= 15 is 0 Å². The molecule has 1 N–H and O–H groups in total. The number of amides is 1. The number of hydrogen-bond donors (Lipinski definition) is 1. The van der Waals surface area contributed by atoms with Crippen LogP contribution >= 0.6 is 0 Å².